The summed E-state index contributed by atoms with van der Waals surface area (Å²) in [6.45, 7) is 9.42. The van der Waals surface area contributed by atoms with Crippen LogP contribution in [0.1, 0.15) is 45.7 Å². The first-order valence-electron chi connectivity index (χ1n) is 8.11. The van der Waals surface area contributed by atoms with Gasteiger partial charge in [0, 0.05) is 24.7 Å². The summed E-state index contributed by atoms with van der Waals surface area (Å²) in [4.78, 5) is 11.9. The van der Waals surface area contributed by atoms with Crippen LogP contribution in [0.2, 0.25) is 0 Å². The van der Waals surface area contributed by atoms with E-state index < -0.39 is 23.3 Å². The molecule has 0 saturated heterocycles. The number of hydrogen-bond acceptors (Lipinski definition) is 4. The number of benzene rings is 1. The maximum absolute atomic E-state index is 13.9. The first kappa shape index (κ1) is 20.8. The molecule has 0 aliphatic rings. The summed E-state index contributed by atoms with van der Waals surface area (Å²) in [6, 6.07) is 3.44. The number of halogens is 2. The van der Waals surface area contributed by atoms with Crippen molar-refractivity contribution in [2.24, 2.45) is 5.92 Å². The zero-order valence-corrected chi connectivity index (χ0v) is 15.2. The third-order valence-corrected chi connectivity index (χ3v) is 3.44. The zero-order chi connectivity index (χ0) is 19.2. The summed E-state index contributed by atoms with van der Waals surface area (Å²) in [5, 5.41) is 14.4. The SMILES string of the molecule is CC(C)C(CNCc1c(F)cc(C#N)cc1F)NC(=O)OC(C)(C)C. The van der Waals surface area contributed by atoms with Gasteiger partial charge in [0.15, 0.2) is 0 Å². The van der Waals surface area contributed by atoms with Crippen LogP contribution >= 0.6 is 0 Å². The van der Waals surface area contributed by atoms with E-state index in [1.165, 1.54) is 0 Å². The summed E-state index contributed by atoms with van der Waals surface area (Å²) in [5.74, 6) is -1.45. The molecule has 0 fully saturated rings. The Balaban J connectivity index is 2.65. The molecule has 1 rings (SSSR count). The van der Waals surface area contributed by atoms with E-state index in [4.69, 9.17) is 10.00 Å². The Labute approximate surface area is 147 Å². The maximum Gasteiger partial charge on any atom is 0.407 e. The molecule has 0 heterocycles. The lowest BCUT2D eigenvalue weighted by molar-refractivity contribution is 0.0490. The molecule has 0 aliphatic heterocycles. The first-order chi connectivity index (χ1) is 11.5. The fourth-order valence-corrected chi connectivity index (χ4v) is 2.10. The number of carbonyl (C=O) groups is 1. The van der Waals surface area contributed by atoms with Crippen molar-refractivity contribution in [2.75, 3.05) is 6.54 Å². The van der Waals surface area contributed by atoms with Crippen LogP contribution in [0.25, 0.3) is 0 Å². The third-order valence-electron chi connectivity index (χ3n) is 3.44. The Morgan fingerprint density at radius 3 is 2.28 bits per heavy atom. The number of hydrogen-bond donors (Lipinski definition) is 2. The van der Waals surface area contributed by atoms with E-state index >= 15 is 0 Å². The Morgan fingerprint density at radius 1 is 1.28 bits per heavy atom. The Hall–Kier alpha value is -2.20. The van der Waals surface area contributed by atoms with Gasteiger partial charge in [-0.2, -0.15) is 5.26 Å². The number of ether oxygens (including phenoxy) is 1. The zero-order valence-electron chi connectivity index (χ0n) is 15.2. The molecule has 7 heteroatoms. The number of nitriles is 1. The number of nitrogens with one attached hydrogen (secondary N) is 2. The van der Waals surface area contributed by atoms with Gasteiger partial charge >= 0.3 is 6.09 Å². The maximum atomic E-state index is 13.9. The molecule has 1 atom stereocenters. The van der Waals surface area contributed by atoms with Crippen molar-refractivity contribution in [3.05, 3.63) is 34.9 Å². The topological polar surface area (TPSA) is 74.2 Å². The van der Waals surface area contributed by atoms with Crippen molar-refractivity contribution in [3.8, 4) is 6.07 Å². The molecule has 25 heavy (non-hydrogen) atoms. The van der Waals surface area contributed by atoms with Crippen LogP contribution < -0.4 is 10.6 Å². The highest BCUT2D eigenvalue weighted by molar-refractivity contribution is 5.68. The van der Waals surface area contributed by atoms with E-state index in [-0.39, 0.29) is 29.6 Å². The fraction of sp³-hybridized carbons (Fsp3) is 0.556. The van der Waals surface area contributed by atoms with Gasteiger partial charge in [0.05, 0.1) is 11.6 Å². The lowest BCUT2D eigenvalue weighted by Crippen LogP contribution is -2.47. The summed E-state index contributed by atoms with van der Waals surface area (Å²) >= 11 is 0. The summed E-state index contributed by atoms with van der Waals surface area (Å²) in [6.07, 6.45) is -0.538. The summed E-state index contributed by atoms with van der Waals surface area (Å²) < 4.78 is 32.9. The molecule has 0 saturated carbocycles. The van der Waals surface area contributed by atoms with Gasteiger partial charge < -0.3 is 15.4 Å². The largest absolute Gasteiger partial charge is 0.444 e. The molecule has 0 bridgehead atoms. The van der Waals surface area contributed by atoms with Gasteiger partial charge in [-0.1, -0.05) is 13.8 Å². The summed E-state index contributed by atoms with van der Waals surface area (Å²) in [5.41, 5.74) is -0.808. The van der Waals surface area contributed by atoms with Crippen molar-refractivity contribution in [1.29, 1.82) is 5.26 Å². The van der Waals surface area contributed by atoms with Crippen molar-refractivity contribution in [2.45, 2.75) is 52.8 Å². The molecule has 5 nitrogen and oxygen atoms in total. The second kappa shape index (κ2) is 8.77. The molecule has 138 valence electrons. The number of amides is 1. The Bertz CT molecular complexity index is 626. The molecule has 2 N–H and O–H groups in total. The van der Waals surface area contributed by atoms with Crippen molar-refractivity contribution >= 4 is 6.09 Å². The van der Waals surface area contributed by atoms with Crippen molar-refractivity contribution in [3.63, 3.8) is 0 Å². The molecule has 0 aromatic heterocycles. The number of alkyl carbamates (subject to hydrolysis) is 1. The number of carbonyl (C=O) groups excluding carboxylic acids is 1. The lowest BCUT2D eigenvalue weighted by Gasteiger charge is -2.26. The van der Waals surface area contributed by atoms with E-state index in [1.54, 1.807) is 26.8 Å². The van der Waals surface area contributed by atoms with E-state index in [2.05, 4.69) is 10.6 Å². The van der Waals surface area contributed by atoms with Crippen molar-refractivity contribution in [1.82, 2.24) is 10.6 Å². The molecule has 0 aliphatic carbocycles. The molecule has 1 amide bonds. The van der Waals surface area contributed by atoms with Crippen LogP contribution in [-0.2, 0) is 11.3 Å². The normalized spacial score (nSPS) is 12.6. The van der Waals surface area contributed by atoms with Gasteiger partial charge in [-0.05, 0) is 38.8 Å². The highest BCUT2D eigenvalue weighted by Crippen LogP contribution is 2.15. The number of nitrogens with zero attached hydrogens (tertiary/aromatic N) is 1. The van der Waals surface area contributed by atoms with E-state index in [0.717, 1.165) is 12.1 Å². The monoisotopic (exact) mass is 353 g/mol. The minimum atomic E-state index is -0.773. The predicted molar refractivity (Wildman–Crippen MR) is 90.8 cm³/mol. The molecule has 1 aromatic carbocycles. The highest BCUT2D eigenvalue weighted by Gasteiger charge is 2.21. The second-order valence-corrected chi connectivity index (χ2v) is 7.16. The Kier molecular flexibility index (Phi) is 7.31. The standard InChI is InChI=1S/C18H25F2N3O2/c1-11(2)16(23-17(24)25-18(3,4)5)10-22-9-13-14(19)6-12(8-21)7-15(13)20/h6-7,11,16,22H,9-10H2,1-5H3,(H,23,24). The quantitative estimate of drug-likeness (QED) is 0.821. The predicted octanol–water partition coefficient (Wildman–Crippen LogP) is 3.48. The second-order valence-electron chi connectivity index (χ2n) is 7.16. The van der Waals surface area contributed by atoms with Gasteiger partial charge in [-0.25, -0.2) is 13.6 Å². The van der Waals surface area contributed by atoms with E-state index in [1.807, 2.05) is 13.8 Å². The molecule has 1 aromatic rings. The number of rotatable bonds is 6. The van der Waals surface area contributed by atoms with Gasteiger partial charge in [0.1, 0.15) is 17.2 Å². The van der Waals surface area contributed by atoms with Crippen LogP contribution in [0.5, 0.6) is 0 Å². The van der Waals surface area contributed by atoms with E-state index in [0.29, 0.717) is 6.54 Å². The van der Waals surface area contributed by atoms with Gasteiger partial charge in [0.25, 0.3) is 0 Å². The Morgan fingerprint density at radius 2 is 1.84 bits per heavy atom. The molecular formula is C18H25F2N3O2. The molecule has 0 radical (unpaired) electrons. The van der Waals surface area contributed by atoms with Gasteiger partial charge in [-0.3, -0.25) is 0 Å². The van der Waals surface area contributed by atoms with Gasteiger partial charge in [0.2, 0.25) is 0 Å². The van der Waals surface area contributed by atoms with Crippen LogP contribution in [0.3, 0.4) is 0 Å². The van der Waals surface area contributed by atoms with Crippen molar-refractivity contribution < 1.29 is 18.3 Å². The molecular weight excluding hydrogens is 328 g/mol. The fourth-order valence-electron chi connectivity index (χ4n) is 2.10. The third kappa shape index (κ3) is 7.06. The average molecular weight is 353 g/mol. The van der Waals surface area contributed by atoms with Crippen LogP contribution in [0.15, 0.2) is 12.1 Å². The van der Waals surface area contributed by atoms with Crippen LogP contribution in [0, 0.1) is 28.9 Å². The minimum absolute atomic E-state index is 0.0530. The molecule has 0 spiro atoms. The average Bonchev–Trinajstić information content (AvgIpc) is 2.46. The van der Waals surface area contributed by atoms with Gasteiger partial charge in [-0.15, -0.1) is 0 Å². The molecule has 1 unspecified atom stereocenters. The first-order valence-corrected chi connectivity index (χ1v) is 8.11. The highest BCUT2D eigenvalue weighted by atomic mass is 19.1. The lowest BCUT2D eigenvalue weighted by atomic mass is 10.0. The summed E-state index contributed by atoms with van der Waals surface area (Å²) in [7, 11) is 0. The smallest absolute Gasteiger partial charge is 0.407 e. The van der Waals surface area contributed by atoms with Crippen LogP contribution in [0.4, 0.5) is 13.6 Å². The van der Waals surface area contributed by atoms with E-state index in [9.17, 15) is 13.6 Å². The minimum Gasteiger partial charge on any atom is -0.444 e. The van der Waals surface area contributed by atoms with Crippen LogP contribution in [-0.4, -0.2) is 24.3 Å².